The Balaban J connectivity index is 1.57. The maximum Gasteiger partial charge on any atom is 0.277 e. The van der Waals surface area contributed by atoms with Gasteiger partial charge >= 0.3 is 0 Å². The van der Waals surface area contributed by atoms with E-state index in [1.807, 2.05) is 0 Å². The first kappa shape index (κ1) is 33.5. The normalized spacial score (nSPS) is 24.8. The smallest absolute Gasteiger partial charge is 0.277 e. The van der Waals surface area contributed by atoms with E-state index < -0.39 is 35.7 Å². The number of fused-ring (bicyclic) bond motifs is 2. The van der Waals surface area contributed by atoms with Crippen LogP contribution in [0.5, 0.6) is 0 Å². The van der Waals surface area contributed by atoms with E-state index in [2.05, 4.69) is 31.4 Å². The lowest BCUT2D eigenvalue weighted by atomic mass is 9.45. The fraction of sp³-hybridized carbons (Fsp3) is 0.576. The van der Waals surface area contributed by atoms with E-state index in [1.165, 1.54) is 17.9 Å². The number of hydrogen-bond acceptors (Lipinski definition) is 8. The Hall–Kier alpha value is -3.38. The number of nitrogens with one attached hydrogen (secondary N) is 2. The van der Waals surface area contributed by atoms with Crippen LogP contribution in [0.3, 0.4) is 0 Å². The molecule has 0 radical (unpaired) electrons. The number of aliphatic hydroxyl groups excluding tert-OH is 3. The summed E-state index contributed by atoms with van der Waals surface area (Å²) in [6.07, 6.45) is -0.420. The highest BCUT2D eigenvalue weighted by Crippen LogP contribution is 2.61. The zero-order chi connectivity index (χ0) is 32.5. The minimum atomic E-state index is -1.34. The summed E-state index contributed by atoms with van der Waals surface area (Å²) >= 11 is 0. The third kappa shape index (κ3) is 6.66. The Morgan fingerprint density at radius 2 is 1.84 bits per heavy atom. The van der Waals surface area contributed by atoms with Gasteiger partial charge in [-0.15, -0.1) is 0 Å². The third-order valence-electron chi connectivity index (χ3n) is 10.1. The van der Waals surface area contributed by atoms with Gasteiger partial charge < -0.3 is 30.9 Å². The number of nitro groups is 1. The van der Waals surface area contributed by atoms with E-state index in [4.69, 9.17) is 0 Å². The summed E-state index contributed by atoms with van der Waals surface area (Å²) < 4.78 is 0. The third-order valence-corrected chi connectivity index (χ3v) is 10.1. The summed E-state index contributed by atoms with van der Waals surface area (Å²) in [4.78, 5) is 39.0. The second kappa shape index (κ2) is 13.3. The van der Waals surface area contributed by atoms with Crippen LogP contribution in [-0.2, 0) is 11.3 Å². The van der Waals surface area contributed by atoms with Crippen molar-refractivity contribution in [3.05, 3.63) is 63.7 Å². The van der Waals surface area contributed by atoms with Crippen LogP contribution >= 0.6 is 0 Å². The maximum absolute atomic E-state index is 13.8. The molecule has 3 fully saturated rings. The molecule has 2 amide bonds. The summed E-state index contributed by atoms with van der Waals surface area (Å²) in [6.45, 7) is 7.74. The summed E-state index contributed by atoms with van der Waals surface area (Å²) in [5, 5.41) is 49.3. The standard InChI is InChI=1S/C33H46N4O7/c1-18-25-14-23(33(25,3)4)15-26(18)35-31(41)30(29(19(2)39)28(40)17-38)34-16-20-8-7-9-21(12-20)24-11-10-22(32(42)36(5)6)13-27(24)37(43)44/h7-13,18-19,23,25-26,28-30,34,38-40H,14-17H2,1-6H3,(H,35,41)/t18-,19?,23+,25-,26-,28?,29?,30-/m0/s1. The van der Waals surface area contributed by atoms with Gasteiger partial charge in [0.25, 0.3) is 11.6 Å². The fourth-order valence-electron chi connectivity index (χ4n) is 7.36. The van der Waals surface area contributed by atoms with E-state index in [0.29, 0.717) is 28.5 Å². The van der Waals surface area contributed by atoms with Gasteiger partial charge in [-0.2, -0.15) is 0 Å². The lowest BCUT2D eigenvalue weighted by Gasteiger charge is -2.62. The first-order valence-corrected chi connectivity index (χ1v) is 15.3. The van der Waals surface area contributed by atoms with Crippen LogP contribution in [0.15, 0.2) is 42.5 Å². The lowest BCUT2D eigenvalue weighted by Crippen LogP contribution is -2.63. The fourth-order valence-corrected chi connectivity index (χ4v) is 7.36. The van der Waals surface area contributed by atoms with Gasteiger partial charge in [-0.05, 0) is 72.3 Å². The van der Waals surface area contributed by atoms with Gasteiger partial charge in [-0.25, -0.2) is 0 Å². The van der Waals surface area contributed by atoms with Gasteiger partial charge in [0.15, 0.2) is 0 Å². The Kier molecular flexibility index (Phi) is 10.1. The molecule has 3 saturated carbocycles. The van der Waals surface area contributed by atoms with Gasteiger partial charge in [0.05, 0.1) is 35.3 Å². The van der Waals surface area contributed by atoms with Gasteiger partial charge in [0, 0.05) is 44.2 Å². The zero-order valence-electron chi connectivity index (χ0n) is 26.4. The highest BCUT2D eigenvalue weighted by molar-refractivity contribution is 5.95. The van der Waals surface area contributed by atoms with E-state index in [1.54, 1.807) is 50.5 Å². The van der Waals surface area contributed by atoms with Crippen LogP contribution in [0.4, 0.5) is 5.69 Å². The average Bonchev–Trinajstić information content (AvgIpc) is 2.98. The molecule has 0 heterocycles. The van der Waals surface area contributed by atoms with E-state index in [0.717, 1.165) is 12.8 Å². The highest BCUT2D eigenvalue weighted by Gasteiger charge is 2.56. The summed E-state index contributed by atoms with van der Waals surface area (Å²) in [6, 6.07) is 10.4. The van der Waals surface area contributed by atoms with Crippen LogP contribution in [0.1, 0.15) is 56.5 Å². The van der Waals surface area contributed by atoms with Crippen LogP contribution in [0.25, 0.3) is 11.1 Å². The molecule has 0 aliphatic heterocycles. The SMILES string of the molecule is CC(O)C(C(O)CO)[C@H](NCc1cccc(-c2ccc(C(=O)N(C)C)cc2[N+](=O)[O-])c1)C(=O)N[C@H]1C[C@H]2C[C@@H]([C@@H]1C)C2(C)C. The van der Waals surface area contributed by atoms with Gasteiger partial charge in [0.1, 0.15) is 0 Å². The van der Waals surface area contributed by atoms with E-state index >= 15 is 0 Å². The Bertz CT molecular complexity index is 1380. The van der Waals surface area contributed by atoms with Crippen molar-refractivity contribution in [2.45, 2.75) is 71.4 Å². The topological polar surface area (TPSA) is 165 Å². The summed E-state index contributed by atoms with van der Waals surface area (Å²) in [5.74, 6) is -0.376. The summed E-state index contributed by atoms with van der Waals surface area (Å²) in [7, 11) is 3.15. The minimum absolute atomic E-state index is 0.0317. The number of hydrogen-bond donors (Lipinski definition) is 5. The van der Waals surface area contributed by atoms with E-state index in [-0.39, 0.29) is 47.0 Å². The molecule has 44 heavy (non-hydrogen) atoms. The van der Waals surface area contributed by atoms with Crippen molar-refractivity contribution >= 4 is 17.5 Å². The molecule has 11 heteroatoms. The van der Waals surface area contributed by atoms with Crippen molar-refractivity contribution in [2.24, 2.45) is 29.1 Å². The van der Waals surface area contributed by atoms with Crippen LogP contribution < -0.4 is 10.6 Å². The number of carbonyl (C=O) groups excluding carboxylic acids is 2. The number of benzene rings is 2. The molecule has 5 N–H and O–H groups in total. The van der Waals surface area contributed by atoms with E-state index in [9.17, 15) is 35.0 Å². The van der Waals surface area contributed by atoms with Crippen molar-refractivity contribution in [3.8, 4) is 11.1 Å². The highest BCUT2D eigenvalue weighted by atomic mass is 16.6. The molecule has 0 spiro atoms. The molecule has 2 bridgehead atoms. The zero-order valence-corrected chi connectivity index (χ0v) is 26.4. The largest absolute Gasteiger partial charge is 0.394 e. The molecule has 3 aliphatic carbocycles. The molecule has 240 valence electrons. The lowest BCUT2D eigenvalue weighted by molar-refractivity contribution is -0.384. The van der Waals surface area contributed by atoms with Crippen LogP contribution in [0, 0.1) is 39.2 Å². The second-order valence-electron chi connectivity index (χ2n) is 13.4. The molecular weight excluding hydrogens is 564 g/mol. The molecule has 0 aromatic heterocycles. The van der Waals surface area contributed by atoms with Crippen molar-refractivity contribution in [3.63, 3.8) is 0 Å². The van der Waals surface area contributed by atoms with Crippen LogP contribution in [0.2, 0.25) is 0 Å². The molecule has 5 rings (SSSR count). The van der Waals surface area contributed by atoms with Crippen molar-refractivity contribution in [1.82, 2.24) is 15.5 Å². The first-order valence-electron chi connectivity index (χ1n) is 15.3. The van der Waals surface area contributed by atoms with Crippen molar-refractivity contribution < 1.29 is 29.8 Å². The molecular formula is C33H46N4O7. The molecule has 2 aromatic rings. The molecule has 3 unspecified atom stereocenters. The first-order chi connectivity index (χ1) is 20.7. The van der Waals surface area contributed by atoms with Crippen LogP contribution in [-0.4, -0.2) is 82.0 Å². The number of rotatable bonds is 12. The summed E-state index contributed by atoms with van der Waals surface area (Å²) in [5.41, 5.74) is 1.85. The van der Waals surface area contributed by atoms with Gasteiger partial charge in [0.2, 0.25) is 5.91 Å². The molecule has 3 aliphatic rings. The number of carbonyl (C=O) groups is 2. The maximum atomic E-state index is 13.8. The molecule has 0 saturated heterocycles. The molecule has 11 nitrogen and oxygen atoms in total. The Labute approximate surface area is 258 Å². The predicted octanol–water partition coefficient (Wildman–Crippen LogP) is 2.96. The Morgan fingerprint density at radius 3 is 2.41 bits per heavy atom. The van der Waals surface area contributed by atoms with Crippen molar-refractivity contribution in [1.29, 1.82) is 0 Å². The predicted molar refractivity (Wildman–Crippen MR) is 167 cm³/mol. The average molecular weight is 611 g/mol. The van der Waals surface area contributed by atoms with Gasteiger partial charge in [-0.1, -0.05) is 39.0 Å². The number of amides is 2. The quantitative estimate of drug-likeness (QED) is 0.181. The molecule has 2 aromatic carbocycles. The number of aliphatic hydroxyl groups is 3. The van der Waals surface area contributed by atoms with Crippen molar-refractivity contribution in [2.75, 3.05) is 20.7 Å². The van der Waals surface area contributed by atoms with Gasteiger partial charge in [-0.3, -0.25) is 19.7 Å². The second-order valence-corrected chi connectivity index (χ2v) is 13.4. The molecule has 8 atom stereocenters. The Morgan fingerprint density at radius 1 is 1.14 bits per heavy atom. The minimum Gasteiger partial charge on any atom is -0.394 e. The monoisotopic (exact) mass is 610 g/mol. The number of nitrogens with zero attached hydrogens (tertiary/aromatic N) is 2. The number of nitro benzene ring substituents is 1.